The molecule has 3 aromatic carbocycles. The first-order chi connectivity index (χ1) is 12.9. The number of hydrogen-bond acceptors (Lipinski definition) is 4. The molecule has 1 aliphatic rings. The van der Waals surface area contributed by atoms with Crippen LogP contribution in [0.1, 0.15) is 0 Å². The van der Waals surface area contributed by atoms with E-state index in [-0.39, 0.29) is 6.54 Å². The van der Waals surface area contributed by atoms with Crippen LogP contribution in [0.4, 0.5) is 11.4 Å². The number of fused-ring (bicyclic) bond motifs is 2. The second-order valence-corrected chi connectivity index (χ2v) is 8.33. The smallest absolute Gasteiger partial charge is 0.267 e. The van der Waals surface area contributed by atoms with Gasteiger partial charge in [0.25, 0.3) is 5.91 Å². The highest BCUT2D eigenvalue weighted by Gasteiger charge is 2.34. The maximum atomic E-state index is 12.7. The summed E-state index contributed by atoms with van der Waals surface area (Å²) in [7, 11) is -3.53. The van der Waals surface area contributed by atoms with Crippen LogP contribution in [0.5, 0.6) is 5.75 Å². The second kappa shape index (κ2) is 6.59. The number of benzene rings is 3. The summed E-state index contributed by atoms with van der Waals surface area (Å²) < 4.78 is 31.3. The molecular weight excluding hydrogens is 364 g/mol. The summed E-state index contributed by atoms with van der Waals surface area (Å²) in [6, 6.07) is 20.2. The lowest BCUT2D eigenvalue weighted by Gasteiger charge is -2.33. The van der Waals surface area contributed by atoms with Crippen molar-refractivity contribution in [2.24, 2.45) is 0 Å². The molecular formula is C20H18N2O4S. The van der Waals surface area contributed by atoms with Crippen molar-refractivity contribution >= 4 is 38.1 Å². The summed E-state index contributed by atoms with van der Waals surface area (Å²) in [5.74, 6) is -0.0266. The van der Waals surface area contributed by atoms with Gasteiger partial charge in [0.2, 0.25) is 10.0 Å². The summed E-state index contributed by atoms with van der Waals surface area (Å²) in [6.45, 7) is -0.0741. The Balaban J connectivity index is 1.60. The molecule has 0 aliphatic carbocycles. The van der Waals surface area contributed by atoms with Crippen molar-refractivity contribution in [1.82, 2.24) is 0 Å². The summed E-state index contributed by atoms with van der Waals surface area (Å²) >= 11 is 0. The van der Waals surface area contributed by atoms with E-state index < -0.39 is 22.0 Å². The number of hydrogen-bond donors (Lipinski definition) is 1. The second-order valence-electron chi connectivity index (χ2n) is 6.42. The van der Waals surface area contributed by atoms with E-state index in [0.717, 1.165) is 17.0 Å². The van der Waals surface area contributed by atoms with Gasteiger partial charge in [-0.05, 0) is 35.0 Å². The third-order valence-corrected chi connectivity index (χ3v) is 5.59. The van der Waals surface area contributed by atoms with Gasteiger partial charge in [0.1, 0.15) is 5.75 Å². The molecule has 4 rings (SSSR count). The van der Waals surface area contributed by atoms with Crippen LogP contribution in [0.25, 0.3) is 10.8 Å². The molecule has 138 valence electrons. The number of rotatable bonds is 3. The molecule has 1 amide bonds. The third kappa shape index (κ3) is 3.46. The van der Waals surface area contributed by atoms with Crippen LogP contribution in [-0.2, 0) is 14.8 Å². The highest BCUT2D eigenvalue weighted by Crippen LogP contribution is 2.34. The van der Waals surface area contributed by atoms with Crippen molar-refractivity contribution in [2.45, 2.75) is 6.10 Å². The first kappa shape index (κ1) is 17.4. The van der Waals surface area contributed by atoms with E-state index in [9.17, 15) is 13.2 Å². The van der Waals surface area contributed by atoms with Gasteiger partial charge in [-0.15, -0.1) is 0 Å². The van der Waals surface area contributed by atoms with Gasteiger partial charge in [0.05, 0.1) is 18.5 Å². The molecule has 0 aromatic heterocycles. The Kier molecular flexibility index (Phi) is 4.24. The fourth-order valence-corrected chi connectivity index (χ4v) is 4.06. The third-order valence-electron chi connectivity index (χ3n) is 4.44. The lowest BCUT2D eigenvalue weighted by molar-refractivity contribution is -0.122. The fourth-order valence-electron chi connectivity index (χ4n) is 3.14. The molecule has 1 N–H and O–H groups in total. The molecule has 7 heteroatoms. The minimum absolute atomic E-state index is 0.0741. The molecule has 0 bridgehead atoms. The van der Waals surface area contributed by atoms with E-state index in [1.165, 1.54) is 4.31 Å². The molecule has 0 radical (unpaired) electrons. The molecule has 0 spiro atoms. The fraction of sp³-hybridized carbons (Fsp3) is 0.150. The Hall–Kier alpha value is -3.06. The predicted molar refractivity (Wildman–Crippen MR) is 106 cm³/mol. The topological polar surface area (TPSA) is 75.7 Å². The van der Waals surface area contributed by atoms with Gasteiger partial charge in [0.15, 0.2) is 6.10 Å². The van der Waals surface area contributed by atoms with Gasteiger partial charge >= 0.3 is 0 Å². The maximum Gasteiger partial charge on any atom is 0.267 e. The number of anilines is 2. The van der Waals surface area contributed by atoms with Gasteiger partial charge in [-0.2, -0.15) is 0 Å². The molecule has 0 unspecified atom stereocenters. The van der Waals surface area contributed by atoms with E-state index in [1.54, 1.807) is 24.3 Å². The largest absolute Gasteiger partial charge is 0.476 e. The lowest BCUT2D eigenvalue weighted by Crippen LogP contribution is -2.48. The van der Waals surface area contributed by atoms with Crippen molar-refractivity contribution < 1.29 is 17.9 Å². The van der Waals surface area contributed by atoms with Crippen LogP contribution >= 0.6 is 0 Å². The van der Waals surface area contributed by atoms with Gasteiger partial charge in [0, 0.05) is 5.69 Å². The Morgan fingerprint density at radius 1 is 1.04 bits per heavy atom. The van der Waals surface area contributed by atoms with Crippen LogP contribution in [0.3, 0.4) is 0 Å². The monoisotopic (exact) mass is 382 g/mol. The number of nitrogens with one attached hydrogen (secondary N) is 1. The lowest BCUT2D eigenvalue weighted by atomic mass is 10.1. The highest BCUT2D eigenvalue weighted by molar-refractivity contribution is 7.92. The first-order valence-electron chi connectivity index (χ1n) is 8.45. The number of carbonyl (C=O) groups excluding carboxylic acids is 1. The van der Waals surface area contributed by atoms with E-state index in [1.807, 2.05) is 42.5 Å². The SMILES string of the molecule is CS(=O)(=O)N1C[C@@H](C(=O)Nc2ccc3ccccc3c2)Oc2ccccc21. The number of carbonyl (C=O) groups is 1. The predicted octanol–water partition coefficient (Wildman–Crippen LogP) is 3.01. The van der Waals surface area contributed by atoms with Crippen LogP contribution in [0.2, 0.25) is 0 Å². The minimum atomic E-state index is -3.53. The molecule has 0 saturated carbocycles. The van der Waals surface area contributed by atoms with Crippen LogP contribution < -0.4 is 14.4 Å². The molecule has 1 atom stereocenters. The number of para-hydroxylation sites is 2. The van der Waals surface area contributed by atoms with Gasteiger partial charge in [-0.25, -0.2) is 8.42 Å². The van der Waals surface area contributed by atoms with Gasteiger partial charge in [-0.1, -0.05) is 42.5 Å². The van der Waals surface area contributed by atoms with Crippen LogP contribution in [0, 0.1) is 0 Å². The molecule has 3 aromatic rings. The standard InChI is InChI=1S/C20H18N2O4S/c1-27(24,25)22-13-19(26-18-9-5-4-8-17(18)22)20(23)21-16-11-10-14-6-2-3-7-15(14)12-16/h2-12,19H,13H2,1H3,(H,21,23)/t19-/m0/s1. The Morgan fingerprint density at radius 2 is 1.74 bits per heavy atom. The van der Waals surface area contributed by atoms with E-state index >= 15 is 0 Å². The Morgan fingerprint density at radius 3 is 2.52 bits per heavy atom. The minimum Gasteiger partial charge on any atom is -0.476 e. The zero-order valence-corrected chi connectivity index (χ0v) is 15.4. The molecule has 1 aliphatic heterocycles. The van der Waals surface area contributed by atoms with Crippen molar-refractivity contribution in [2.75, 3.05) is 22.4 Å². The molecule has 27 heavy (non-hydrogen) atoms. The number of nitrogens with zero attached hydrogens (tertiary/aromatic N) is 1. The Bertz CT molecular complexity index is 1130. The number of ether oxygens (including phenoxy) is 1. The first-order valence-corrected chi connectivity index (χ1v) is 10.3. The quantitative estimate of drug-likeness (QED) is 0.756. The van der Waals surface area contributed by atoms with E-state index in [4.69, 9.17) is 4.74 Å². The maximum absolute atomic E-state index is 12.7. The zero-order valence-electron chi connectivity index (χ0n) is 14.6. The summed E-state index contributed by atoms with van der Waals surface area (Å²) in [4.78, 5) is 12.7. The molecule has 0 saturated heterocycles. The highest BCUT2D eigenvalue weighted by atomic mass is 32.2. The van der Waals surface area contributed by atoms with Crippen molar-refractivity contribution in [3.63, 3.8) is 0 Å². The van der Waals surface area contributed by atoms with Crippen LogP contribution in [0.15, 0.2) is 66.7 Å². The average molecular weight is 382 g/mol. The van der Waals surface area contributed by atoms with Gasteiger partial charge in [-0.3, -0.25) is 9.10 Å². The normalized spacial score (nSPS) is 16.5. The average Bonchev–Trinajstić information content (AvgIpc) is 2.66. The molecule has 6 nitrogen and oxygen atoms in total. The van der Waals surface area contributed by atoms with Crippen molar-refractivity contribution in [1.29, 1.82) is 0 Å². The molecule has 0 fully saturated rings. The summed E-state index contributed by atoms with van der Waals surface area (Å²) in [5.41, 5.74) is 1.07. The van der Waals surface area contributed by atoms with E-state index in [2.05, 4.69) is 5.32 Å². The van der Waals surface area contributed by atoms with Gasteiger partial charge < -0.3 is 10.1 Å². The van der Waals surface area contributed by atoms with Crippen molar-refractivity contribution in [3.8, 4) is 5.75 Å². The van der Waals surface area contributed by atoms with Crippen LogP contribution in [-0.4, -0.2) is 33.2 Å². The zero-order chi connectivity index (χ0) is 19.0. The van der Waals surface area contributed by atoms with E-state index in [0.29, 0.717) is 17.1 Å². The Labute approximate surface area is 157 Å². The van der Waals surface area contributed by atoms with Crippen molar-refractivity contribution in [3.05, 3.63) is 66.7 Å². The number of sulfonamides is 1. The summed E-state index contributed by atoms with van der Waals surface area (Å²) in [6.07, 6.45) is 0.175. The molecule has 1 heterocycles. The number of amides is 1. The summed E-state index contributed by atoms with van der Waals surface area (Å²) in [5, 5.41) is 4.89.